The van der Waals surface area contributed by atoms with Crippen molar-refractivity contribution in [3.8, 4) is 0 Å². The first-order valence-electron chi connectivity index (χ1n) is 9.44. The van der Waals surface area contributed by atoms with Gasteiger partial charge in [0.1, 0.15) is 0 Å². The average Bonchev–Trinajstić information content (AvgIpc) is 3.20. The summed E-state index contributed by atoms with van der Waals surface area (Å²) in [5.74, 6) is 0.392. The predicted molar refractivity (Wildman–Crippen MR) is 104 cm³/mol. The summed E-state index contributed by atoms with van der Waals surface area (Å²) in [4.78, 5) is 19.8. The number of rotatable bonds is 5. The molecule has 1 atom stereocenters. The lowest BCUT2D eigenvalue weighted by Gasteiger charge is -2.17. The van der Waals surface area contributed by atoms with E-state index in [-0.39, 0.29) is 11.8 Å². The van der Waals surface area contributed by atoms with Gasteiger partial charge in [-0.2, -0.15) is 5.10 Å². The van der Waals surface area contributed by atoms with E-state index in [2.05, 4.69) is 23.4 Å². The van der Waals surface area contributed by atoms with Gasteiger partial charge in [0.05, 0.1) is 11.3 Å². The molecular weight excluding hydrogens is 326 g/mol. The molecule has 0 saturated carbocycles. The van der Waals surface area contributed by atoms with Crippen LogP contribution in [0.2, 0.25) is 0 Å². The summed E-state index contributed by atoms with van der Waals surface area (Å²) in [6.07, 6.45) is 1.96. The van der Waals surface area contributed by atoms with Crippen molar-refractivity contribution in [3.63, 3.8) is 0 Å². The van der Waals surface area contributed by atoms with E-state index in [0.29, 0.717) is 0 Å². The first-order chi connectivity index (χ1) is 12.4. The number of nitrogens with one attached hydrogen (secondary N) is 1. The van der Waals surface area contributed by atoms with Crippen LogP contribution >= 0.6 is 0 Å². The van der Waals surface area contributed by atoms with Gasteiger partial charge >= 0.3 is 0 Å². The molecule has 140 valence electrons. The SMILES string of the molecule is CCCn1nc(C)c(C(=O)N2CC[C@@H](c3cc(NC)cc(C)n3)C2)c1C. The van der Waals surface area contributed by atoms with Gasteiger partial charge < -0.3 is 10.2 Å². The van der Waals surface area contributed by atoms with Crippen molar-refractivity contribution in [1.82, 2.24) is 19.7 Å². The van der Waals surface area contributed by atoms with E-state index < -0.39 is 0 Å². The molecule has 0 bridgehead atoms. The third-order valence-electron chi connectivity index (χ3n) is 5.19. The molecule has 0 aromatic carbocycles. The number of aromatic nitrogens is 3. The summed E-state index contributed by atoms with van der Waals surface area (Å²) in [6, 6.07) is 4.14. The number of pyridine rings is 1. The standard InChI is InChI=1S/C20H29N5O/c1-6-8-25-15(4)19(14(3)23-25)20(26)24-9-7-16(12-24)18-11-17(21-5)10-13(2)22-18/h10-11,16H,6-9,12H2,1-5H3,(H,21,22)/t16-/m1/s1. The Labute approximate surface area is 155 Å². The van der Waals surface area contributed by atoms with Crippen LogP contribution in [-0.4, -0.2) is 45.7 Å². The van der Waals surface area contributed by atoms with Crippen LogP contribution in [0.4, 0.5) is 5.69 Å². The Morgan fingerprint density at radius 1 is 1.31 bits per heavy atom. The first-order valence-corrected chi connectivity index (χ1v) is 9.44. The summed E-state index contributed by atoms with van der Waals surface area (Å²) in [5.41, 5.74) is 5.72. The van der Waals surface area contributed by atoms with Crippen molar-refractivity contribution < 1.29 is 4.79 Å². The number of likely N-dealkylation sites (tertiary alicyclic amines) is 1. The third kappa shape index (κ3) is 3.45. The van der Waals surface area contributed by atoms with E-state index >= 15 is 0 Å². The molecular formula is C20H29N5O. The fourth-order valence-corrected chi connectivity index (χ4v) is 3.83. The zero-order valence-electron chi connectivity index (χ0n) is 16.5. The van der Waals surface area contributed by atoms with Crippen LogP contribution in [-0.2, 0) is 6.54 Å². The normalized spacial score (nSPS) is 17.0. The first kappa shape index (κ1) is 18.4. The fourth-order valence-electron chi connectivity index (χ4n) is 3.83. The van der Waals surface area contributed by atoms with Crippen LogP contribution in [0.25, 0.3) is 0 Å². The van der Waals surface area contributed by atoms with E-state index in [9.17, 15) is 4.79 Å². The second-order valence-electron chi connectivity index (χ2n) is 7.18. The van der Waals surface area contributed by atoms with Crippen LogP contribution < -0.4 is 5.32 Å². The van der Waals surface area contributed by atoms with Gasteiger partial charge in [-0.3, -0.25) is 14.5 Å². The number of amides is 1. The molecule has 1 amide bonds. The maximum Gasteiger partial charge on any atom is 0.257 e. The molecule has 1 fully saturated rings. The van der Waals surface area contributed by atoms with Gasteiger partial charge in [-0.15, -0.1) is 0 Å². The minimum atomic E-state index is 0.103. The molecule has 26 heavy (non-hydrogen) atoms. The highest BCUT2D eigenvalue weighted by Gasteiger charge is 2.31. The molecule has 3 rings (SSSR count). The molecule has 0 aliphatic carbocycles. The highest BCUT2D eigenvalue weighted by molar-refractivity contribution is 5.96. The molecule has 6 nitrogen and oxygen atoms in total. The molecule has 6 heteroatoms. The number of hydrogen-bond acceptors (Lipinski definition) is 4. The largest absolute Gasteiger partial charge is 0.388 e. The van der Waals surface area contributed by atoms with Gasteiger partial charge in [0.2, 0.25) is 0 Å². The average molecular weight is 355 g/mol. The minimum Gasteiger partial charge on any atom is -0.388 e. The van der Waals surface area contributed by atoms with Gasteiger partial charge in [-0.05, 0) is 45.7 Å². The van der Waals surface area contributed by atoms with Gasteiger partial charge in [-0.25, -0.2) is 0 Å². The second-order valence-corrected chi connectivity index (χ2v) is 7.18. The monoisotopic (exact) mass is 355 g/mol. The van der Waals surface area contributed by atoms with E-state index in [1.165, 1.54) is 0 Å². The summed E-state index contributed by atoms with van der Waals surface area (Å²) in [5, 5.41) is 7.74. The van der Waals surface area contributed by atoms with Crippen LogP contribution in [0.3, 0.4) is 0 Å². The number of carbonyl (C=O) groups excluding carboxylic acids is 1. The van der Waals surface area contributed by atoms with Crippen molar-refractivity contribution in [1.29, 1.82) is 0 Å². The van der Waals surface area contributed by atoms with Crippen molar-refractivity contribution >= 4 is 11.6 Å². The van der Waals surface area contributed by atoms with Crippen LogP contribution in [0.1, 0.15) is 58.8 Å². The topological polar surface area (TPSA) is 63.1 Å². The van der Waals surface area contributed by atoms with E-state index in [0.717, 1.165) is 66.5 Å². The Morgan fingerprint density at radius 3 is 2.77 bits per heavy atom. The number of hydrogen-bond donors (Lipinski definition) is 1. The van der Waals surface area contributed by atoms with Crippen molar-refractivity contribution in [2.45, 2.75) is 53.0 Å². The van der Waals surface area contributed by atoms with Gasteiger partial charge in [-0.1, -0.05) is 6.92 Å². The Balaban J connectivity index is 1.79. The highest BCUT2D eigenvalue weighted by Crippen LogP contribution is 2.29. The Kier molecular flexibility index (Phi) is 5.30. The predicted octanol–water partition coefficient (Wildman–Crippen LogP) is 3.28. The molecule has 0 radical (unpaired) electrons. The van der Waals surface area contributed by atoms with Crippen molar-refractivity contribution in [2.75, 3.05) is 25.5 Å². The quantitative estimate of drug-likeness (QED) is 0.894. The maximum absolute atomic E-state index is 13.1. The third-order valence-corrected chi connectivity index (χ3v) is 5.19. The molecule has 3 heterocycles. The zero-order valence-corrected chi connectivity index (χ0v) is 16.5. The molecule has 1 aliphatic rings. The van der Waals surface area contributed by atoms with E-state index in [4.69, 9.17) is 4.98 Å². The van der Waals surface area contributed by atoms with E-state index in [1.807, 2.05) is 43.5 Å². The van der Waals surface area contributed by atoms with Crippen LogP contribution in [0.15, 0.2) is 12.1 Å². The molecule has 0 spiro atoms. The van der Waals surface area contributed by atoms with Gasteiger partial charge in [0.25, 0.3) is 5.91 Å². The van der Waals surface area contributed by atoms with Crippen molar-refractivity contribution in [2.24, 2.45) is 0 Å². The lowest BCUT2D eigenvalue weighted by Crippen LogP contribution is -2.29. The number of nitrogens with zero attached hydrogens (tertiary/aromatic N) is 4. The maximum atomic E-state index is 13.1. The van der Waals surface area contributed by atoms with Gasteiger partial charge in [0.15, 0.2) is 0 Å². The number of aryl methyl sites for hydroxylation is 3. The molecule has 0 unspecified atom stereocenters. The summed E-state index contributed by atoms with van der Waals surface area (Å²) < 4.78 is 1.96. The Morgan fingerprint density at radius 2 is 2.08 bits per heavy atom. The second kappa shape index (κ2) is 7.48. The summed E-state index contributed by atoms with van der Waals surface area (Å²) in [7, 11) is 1.92. The molecule has 1 N–H and O–H groups in total. The fraction of sp³-hybridized carbons (Fsp3) is 0.550. The number of anilines is 1. The minimum absolute atomic E-state index is 0.103. The van der Waals surface area contributed by atoms with E-state index in [1.54, 1.807) is 0 Å². The van der Waals surface area contributed by atoms with Crippen molar-refractivity contribution in [3.05, 3.63) is 40.5 Å². The smallest absolute Gasteiger partial charge is 0.257 e. The number of carbonyl (C=O) groups is 1. The van der Waals surface area contributed by atoms with Gasteiger partial charge in [0, 0.05) is 55.4 Å². The Bertz CT molecular complexity index is 811. The van der Waals surface area contributed by atoms with Crippen LogP contribution in [0, 0.1) is 20.8 Å². The lowest BCUT2D eigenvalue weighted by atomic mass is 10.0. The van der Waals surface area contributed by atoms with Crippen LogP contribution in [0.5, 0.6) is 0 Å². The molecule has 1 aliphatic heterocycles. The molecule has 2 aromatic heterocycles. The Hall–Kier alpha value is -2.37. The zero-order chi connectivity index (χ0) is 18.8. The lowest BCUT2D eigenvalue weighted by molar-refractivity contribution is 0.0789. The highest BCUT2D eigenvalue weighted by atomic mass is 16.2. The molecule has 1 saturated heterocycles. The summed E-state index contributed by atoms with van der Waals surface area (Å²) >= 11 is 0. The summed E-state index contributed by atoms with van der Waals surface area (Å²) in [6.45, 7) is 10.4. The molecule has 2 aromatic rings.